The van der Waals surface area contributed by atoms with E-state index in [1.54, 1.807) is 11.3 Å². The molecule has 2 rings (SSSR count). The van der Waals surface area contributed by atoms with Gasteiger partial charge < -0.3 is 4.74 Å². The number of aryl methyl sites for hydroxylation is 2. The molecule has 0 saturated carbocycles. The number of ether oxygens (including phenoxy) is 1. The minimum absolute atomic E-state index is 0.693. The van der Waals surface area contributed by atoms with Crippen LogP contribution in [0.3, 0.4) is 0 Å². The van der Waals surface area contributed by atoms with Crippen LogP contribution in [0.5, 0.6) is 5.75 Å². The highest BCUT2D eigenvalue weighted by atomic mass is 32.1. The Labute approximate surface area is 114 Å². The summed E-state index contributed by atoms with van der Waals surface area (Å²) in [4.78, 5) is 4.50. The summed E-state index contributed by atoms with van der Waals surface area (Å²) >= 11 is 1.73. The highest BCUT2D eigenvalue weighted by molar-refractivity contribution is 7.18. The summed E-state index contributed by atoms with van der Waals surface area (Å²) in [6.07, 6.45) is 2.28. The van der Waals surface area contributed by atoms with Crippen LogP contribution >= 0.6 is 11.3 Å². The Morgan fingerprint density at radius 3 is 2.39 bits per heavy atom. The Morgan fingerprint density at radius 1 is 1.17 bits per heavy atom. The van der Waals surface area contributed by atoms with Crippen molar-refractivity contribution in [1.82, 2.24) is 4.98 Å². The quantitative estimate of drug-likeness (QED) is 0.780. The van der Waals surface area contributed by atoms with Crippen LogP contribution in [0.15, 0.2) is 12.1 Å². The first-order valence-electron chi connectivity index (χ1n) is 6.68. The highest BCUT2D eigenvalue weighted by Crippen LogP contribution is 2.31. The van der Waals surface area contributed by atoms with Crippen molar-refractivity contribution in [2.24, 2.45) is 0 Å². The number of benzene rings is 1. The molecule has 1 aromatic heterocycles. The van der Waals surface area contributed by atoms with Crippen molar-refractivity contribution < 1.29 is 4.74 Å². The molecule has 2 nitrogen and oxygen atoms in total. The molecule has 2 aromatic rings. The first kappa shape index (κ1) is 15.0. The number of aromatic nitrogens is 1. The lowest BCUT2D eigenvalue weighted by molar-refractivity contribution is 0.343. The van der Waals surface area contributed by atoms with Crippen molar-refractivity contribution in [2.75, 3.05) is 6.61 Å². The second-order valence-corrected chi connectivity index (χ2v) is 5.40. The van der Waals surface area contributed by atoms with Crippen molar-refractivity contribution in [3.8, 4) is 5.75 Å². The molecular formula is C15H23NOS. The third-order valence-corrected chi connectivity index (χ3v) is 3.25. The van der Waals surface area contributed by atoms with Gasteiger partial charge in [-0.3, -0.25) is 0 Å². The van der Waals surface area contributed by atoms with Crippen LogP contribution in [0, 0.1) is 6.92 Å². The summed E-state index contributed by atoms with van der Waals surface area (Å²) in [5, 5.41) is 1.10. The predicted octanol–water partition coefficient (Wildman–Crippen LogP) is 4.98. The predicted molar refractivity (Wildman–Crippen MR) is 80.9 cm³/mol. The Bertz CT molecular complexity index is 490. The number of thiazole rings is 1. The van der Waals surface area contributed by atoms with Crippen LogP contribution in [0.25, 0.3) is 10.2 Å². The van der Waals surface area contributed by atoms with Gasteiger partial charge in [0, 0.05) is 0 Å². The van der Waals surface area contributed by atoms with Crippen LogP contribution in [0.1, 0.15) is 44.7 Å². The molecule has 0 spiro atoms. The van der Waals surface area contributed by atoms with Gasteiger partial charge in [0.05, 0.1) is 16.3 Å². The maximum Gasteiger partial charge on any atom is 0.146 e. The normalized spacial score (nSPS) is 10.1. The lowest BCUT2D eigenvalue weighted by Gasteiger charge is -2.05. The van der Waals surface area contributed by atoms with Gasteiger partial charge >= 0.3 is 0 Å². The molecule has 0 atom stereocenters. The third kappa shape index (κ3) is 3.70. The second kappa shape index (κ2) is 7.37. The fourth-order valence-corrected chi connectivity index (χ4v) is 2.54. The van der Waals surface area contributed by atoms with Crippen LogP contribution in [-0.4, -0.2) is 11.6 Å². The summed E-state index contributed by atoms with van der Waals surface area (Å²) in [5.74, 6) is 0.927. The molecule has 18 heavy (non-hydrogen) atoms. The Balaban J connectivity index is 0.000000492. The van der Waals surface area contributed by atoms with E-state index in [0.29, 0.717) is 6.61 Å². The maximum absolute atomic E-state index is 5.62. The molecule has 0 aliphatic rings. The van der Waals surface area contributed by atoms with Gasteiger partial charge in [-0.25, -0.2) is 4.98 Å². The zero-order valence-corrected chi connectivity index (χ0v) is 12.9. The van der Waals surface area contributed by atoms with E-state index in [2.05, 4.69) is 37.9 Å². The Morgan fingerprint density at radius 2 is 1.83 bits per heavy atom. The lowest BCUT2D eigenvalue weighted by Crippen LogP contribution is -1.93. The third-order valence-electron chi connectivity index (χ3n) is 2.33. The van der Waals surface area contributed by atoms with Crippen molar-refractivity contribution in [2.45, 2.75) is 47.5 Å². The standard InChI is InChI=1S/C12H15NOS.C3H8/c1-4-9-6-10(14-5-2)12-11(7-9)15-8(3)13-12;1-3-2/h6-7H,4-5H2,1-3H3;3H2,1-2H3. The van der Waals surface area contributed by atoms with E-state index >= 15 is 0 Å². The van der Waals surface area contributed by atoms with E-state index in [0.717, 1.165) is 22.7 Å². The molecule has 3 heteroatoms. The molecule has 1 aromatic carbocycles. The van der Waals surface area contributed by atoms with E-state index < -0.39 is 0 Å². The summed E-state index contributed by atoms with van der Waals surface area (Å²) in [7, 11) is 0. The zero-order valence-electron chi connectivity index (χ0n) is 12.0. The molecule has 0 fully saturated rings. The first-order valence-corrected chi connectivity index (χ1v) is 7.50. The SMILES string of the molecule is CCC.CCOc1cc(CC)cc2sc(C)nc12. The van der Waals surface area contributed by atoms with Crippen LogP contribution < -0.4 is 4.74 Å². The number of hydrogen-bond acceptors (Lipinski definition) is 3. The van der Waals surface area contributed by atoms with Crippen LogP contribution in [0.2, 0.25) is 0 Å². The zero-order chi connectivity index (χ0) is 13.5. The minimum atomic E-state index is 0.693. The molecule has 0 aliphatic heterocycles. The topological polar surface area (TPSA) is 22.1 Å². The van der Waals surface area contributed by atoms with Gasteiger partial charge in [-0.2, -0.15) is 0 Å². The van der Waals surface area contributed by atoms with E-state index in [9.17, 15) is 0 Å². The molecule has 0 N–H and O–H groups in total. The second-order valence-electron chi connectivity index (χ2n) is 4.17. The average Bonchev–Trinajstić information content (AvgIpc) is 2.71. The van der Waals surface area contributed by atoms with Crippen molar-refractivity contribution in [3.63, 3.8) is 0 Å². The van der Waals surface area contributed by atoms with E-state index in [1.165, 1.54) is 16.7 Å². The Hall–Kier alpha value is -1.09. The molecule has 1 heterocycles. The molecule has 0 amide bonds. The number of rotatable bonds is 3. The molecule has 0 radical (unpaired) electrons. The molecule has 0 bridgehead atoms. The average molecular weight is 265 g/mol. The van der Waals surface area contributed by atoms with Gasteiger partial charge in [-0.1, -0.05) is 27.2 Å². The summed E-state index contributed by atoms with van der Waals surface area (Å²) < 4.78 is 6.85. The fraction of sp³-hybridized carbons (Fsp3) is 0.533. The maximum atomic E-state index is 5.62. The highest BCUT2D eigenvalue weighted by Gasteiger charge is 2.08. The smallest absolute Gasteiger partial charge is 0.146 e. The van der Waals surface area contributed by atoms with Gasteiger partial charge in [-0.15, -0.1) is 11.3 Å². The summed E-state index contributed by atoms with van der Waals surface area (Å²) in [5.41, 5.74) is 2.33. The summed E-state index contributed by atoms with van der Waals surface area (Å²) in [6, 6.07) is 4.31. The number of fused-ring (bicyclic) bond motifs is 1. The lowest BCUT2D eigenvalue weighted by atomic mass is 10.1. The molecular weight excluding hydrogens is 242 g/mol. The van der Waals surface area contributed by atoms with E-state index in [4.69, 9.17) is 4.74 Å². The van der Waals surface area contributed by atoms with Gasteiger partial charge in [0.1, 0.15) is 11.3 Å². The largest absolute Gasteiger partial charge is 0.492 e. The van der Waals surface area contributed by atoms with E-state index in [-0.39, 0.29) is 0 Å². The minimum Gasteiger partial charge on any atom is -0.492 e. The van der Waals surface area contributed by atoms with Gasteiger partial charge in [0.15, 0.2) is 0 Å². The molecule has 0 saturated heterocycles. The molecule has 0 unspecified atom stereocenters. The van der Waals surface area contributed by atoms with Crippen LogP contribution in [0.4, 0.5) is 0 Å². The number of nitrogens with zero attached hydrogens (tertiary/aromatic N) is 1. The molecule has 100 valence electrons. The van der Waals surface area contributed by atoms with Gasteiger partial charge in [0.25, 0.3) is 0 Å². The first-order chi connectivity index (χ1) is 8.65. The van der Waals surface area contributed by atoms with Crippen molar-refractivity contribution in [3.05, 3.63) is 22.7 Å². The van der Waals surface area contributed by atoms with Gasteiger partial charge in [0.2, 0.25) is 0 Å². The van der Waals surface area contributed by atoms with Gasteiger partial charge in [-0.05, 0) is 38.0 Å². The van der Waals surface area contributed by atoms with E-state index in [1.807, 2.05) is 13.8 Å². The van der Waals surface area contributed by atoms with Crippen molar-refractivity contribution >= 4 is 21.6 Å². The monoisotopic (exact) mass is 265 g/mol. The fourth-order valence-electron chi connectivity index (χ4n) is 1.63. The number of hydrogen-bond donors (Lipinski definition) is 0. The van der Waals surface area contributed by atoms with Crippen molar-refractivity contribution in [1.29, 1.82) is 0 Å². The Kier molecular flexibility index (Phi) is 6.13. The van der Waals surface area contributed by atoms with Crippen LogP contribution in [-0.2, 0) is 6.42 Å². The molecule has 0 aliphatic carbocycles. The summed E-state index contributed by atoms with van der Waals surface area (Å²) in [6.45, 7) is 11.1.